The molecule has 5 N–H and O–H groups in total. The average molecular weight is 721 g/mol. The minimum atomic E-state index is -0.591. The Morgan fingerprint density at radius 1 is 0.885 bits per heavy atom. The van der Waals surface area contributed by atoms with E-state index in [4.69, 9.17) is 15.2 Å². The number of ether oxygens (including phenoxy) is 2. The zero-order valence-electron chi connectivity index (χ0n) is 29.1. The van der Waals surface area contributed by atoms with Crippen molar-refractivity contribution in [2.24, 2.45) is 7.05 Å². The second-order valence-corrected chi connectivity index (χ2v) is 13.8. The molecule has 0 unspecified atom stereocenters. The van der Waals surface area contributed by atoms with Crippen LogP contribution in [0.3, 0.4) is 0 Å². The van der Waals surface area contributed by atoms with Gasteiger partial charge in [-0.25, -0.2) is 0 Å². The highest BCUT2D eigenvalue weighted by molar-refractivity contribution is 7.99. The number of aliphatic hydroxyl groups excluding tert-OH is 1. The molecule has 52 heavy (non-hydrogen) atoms. The van der Waals surface area contributed by atoms with E-state index in [1.807, 2.05) is 78.3 Å². The van der Waals surface area contributed by atoms with Crippen LogP contribution in [0, 0.1) is 0 Å². The van der Waals surface area contributed by atoms with Gasteiger partial charge in [-0.05, 0) is 64.9 Å². The first-order chi connectivity index (χ1) is 25.3. The molecule has 11 nitrogen and oxygen atoms in total. The Bertz CT molecular complexity index is 1950. The van der Waals surface area contributed by atoms with Crippen LogP contribution in [0.15, 0.2) is 109 Å². The Labute approximate surface area is 307 Å². The van der Waals surface area contributed by atoms with Crippen LogP contribution < -0.4 is 16.4 Å². The predicted octanol–water partition coefficient (Wildman–Crippen LogP) is 6.71. The molecule has 1 fully saturated rings. The van der Waals surface area contributed by atoms with Gasteiger partial charge in [0.1, 0.15) is 6.33 Å². The quantitative estimate of drug-likeness (QED) is 0.0525. The van der Waals surface area contributed by atoms with Crippen molar-refractivity contribution < 1.29 is 24.2 Å². The van der Waals surface area contributed by atoms with Gasteiger partial charge in [-0.15, -0.1) is 10.2 Å². The molecular formula is C40H44N6O5S. The van der Waals surface area contributed by atoms with Gasteiger partial charge in [0.2, 0.25) is 11.8 Å². The Morgan fingerprint density at radius 3 is 2.38 bits per heavy atom. The molecule has 1 aliphatic rings. The Balaban J connectivity index is 1.05. The molecule has 1 aromatic heterocycles. The molecule has 0 aliphatic carbocycles. The molecule has 1 saturated heterocycles. The molecule has 0 spiro atoms. The Kier molecular flexibility index (Phi) is 12.7. The summed E-state index contributed by atoms with van der Waals surface area (Å²) in [6.45, 7) is 0.388. The van der Waals surface area contributed by atoms with E-state index in [-0.39, 0.29) is 30.6 Å². The second kappa shape index (κ2) is 18.0. The minimum Gasteiger partial charge on any atom is -0.397 e. The number of hydrogen-bond donors (Lipinski definition) is 4. The maximum absolute atomic E-state index is 12.6. The van der Waals surface area contributed by atoms with Gasteiger partial charge < -0.3 is 35.5 Å². The summed E-state index contributed by atoms with van der Waals surface area (Å²) in [6.07, 6.45) is 3.34. The molecular weight excluding hydrogens is 677 g/mol. The number of aliphatic hydroxyl groups is 1. The van der Waals surface area contributed by atoms with Crippen LogP contribution in [0.25, 0.3) is 11.1 Å². The number of amides is 2. The number of aromatic nitrogens is 3. The number of nitrogens with one attached hydrogen (secondary N) is 2. The van der Waals surface area contributed by atoms with Crippen LogP contribution in [0.5, 0.6) is 0 Å². The van der Waals surface area contributed by atoms with Crippen molar-refractivity contribution >= 4 is 35.0 Å². The highest BCUT2D eigenvalue weighted by Gasteiger charge is 2.32. The van der Waals surface area contributed by atoms with E-state index in [1.54, 1.807) is 30.2 Å². The molecule has 0 saturated carbocycles. The molecule has 12 heteroatoms. The number of unbranched alkanes of at least 4 members (excludes halogenated alkanes) is 1. The molecule has 5 aromatic rings. The summed E-state index contributed by atoms with van der Waals surface area (Å²) in [5.74, 6) is 0.509. The summed E-state index contributed by atoms with van der Waals surface area (Å²) in [5.41, 5.74) is 12.8. The summed E-state index contributed by atoms with van der Waals surface area (Å²) < 4.78 is 15.0. The lowest BCUT2D eigenvalue weighted by atomic mass is 9.99. The van der Waals surface area contributed by atoms with E-state index in [1.165, 1.54) is 0 Å². The maximum Gasteiger partial charge on any atom is 0.224 e. The van der Waals surface area contributed by atoms with E-state index in [2.05, 4.69) is 39.0 Å². The molecule has 0 radical (unpaired) electrons. The number of nitrogens with two attached hydrogens (primary N) is 1. The number of anilines is 2. The SMILES string of the molecule is Cn1cnnc1SC[C@H]1C[C@@H](c2ccc(CO)cc2)O[C@@H](c2cccc(-c3cccc(CNC(=O)CCCCC(=O)Nc4ccccc4N)c3)c2)O1. The second-order valence-electron chi connectivity index (χ2n) is 12.8. The number of carbonyl (C=O) groups excluding carboxylic acids is 2. The van der Waals surface area contributed by atoms with Gasteiger partial charge in [-0.3, -0.25) is 9.59 Å². The monoisotopic (exact) mass is 720 g/mol. The fourth-order valence-corrected chi connectivity index (χ4v) is 6.91. The molecule has 1 aliphatic heterocycles. The molecule has 270 valence electrons. The first kappa shape index (κ1) is 36.8. The number of rotatable bonds is 15. The van der Waals surface area contributed by atoms with Gasteiger partial charge in [0, 0.05) is 44.2 Å². The minimum absolute atomic E-state index is 0.0111. The van der Waals surface area contributed by atoms with E-state index in [0.717, 1.165) is 38.5 Å². The van der Waals surface area contributed by atoms with Crippen molar-refractivity contribution in [2.45, 2.75) is 68.9 Å². The zero-order chi connectivity index (χ0) is 36.3. The fourth-order valence-electron chi connectivity index (χ4n) is 6.00. The van der Waals surface area contributed by atoms with Crippen LogP contribution in [0.4, 0.5) is 11.4 Å². The van der Waals surface area contributed by atoms with Crippen LogP contribution in [-0.4, -0.2) is 43.5 Å². The Hall–Kier alpha value is -5.01. The molecule has 2 amide bonds. The lowest BCUT2D eigenvalue weighted by Crippen LogP contribution is -2.31. The highest BCUT2D eigenvalue weighted by atomic mass is 32.2. The van der Waals surface area contributed by atoms with E-state index in [0.29, 0.717) is 55.8 Å². The third-order valence-corrected chi connectivity index (χ3v) is 10.1. The van der Waals surface area contributed by atoms with E-state index < -0.39 is 6.29 Å². The van der Waals surface area contributed by atoms with E-state index in [9.17, 15) is 14.7 Å². The molecule has 0 bridgehead atoms. The smallest absolute Gasteiger partial charge is 0.224 e. The summed E-state index contributed by atoms with van der Waals surface area (Å²) in [7, 11) is 1.92. The molecule has 2 heterocycles. The van der Waals surface area contributed by atoms with Crippen molar-refractivity contribution in [3.8, 4) is 11.1 Å². The summed E-state index contributed by atoms with van der Waals surface area (Å²) in [4.78, 5) is 24.9. The topological polar surface area (TPSA) is 154 Å². The van der Waals surface area contributed by atoms with Crippen molar-refractivity contribution in [3.05, 3.63) is 126 Å². The van der Waals surface area contributed by atoms with Gasteiger partial charge in [0.25, 0.3) is 0 Å². The lowest BCUT2D eigenvalue weighted by Gasteiger charge is -2.36. The summed E-state index contributed by atoms with van der Waals surface area (Å²) >= 11 is 1.60. The van der Waals surface area contributed by atoms with Gasteiger partial charge in [0.15, 0.2) is 11.4 Å². The summed E-state index contributed by atoms with van der Waals surface area (Å²) in [5, 5.41) is 24.4. The predicted molar refractivity (Wildman–Crippen MR) is 202 cm³/mol. The van der Waals surface area contributed by atoms with Crippen LogP contribution in [-0.2, 0) is 39.3 Å². The average Bonchev–Trinajstić information content (AvgIpc) is 3.60. The van der Waals surface area contributed by atoms with E-state index >= 15 is 0 Å². The summed E-state index contributed by atoms with van der Waals surface area (Å²) in [6, 6.07) is 31.3. The van der Waals surface area contributed by atoms with Crippen LogP contribution in [0.1, 0.15) is 66.8 Å². The number of hydrogen-bond acceptors (Lipinski definition) is 9. The van der Waals surface area contributed by atoms with Gasteiger partial charge >= 0.3 is 0 Å². The largest absolute Gasteiger partial charge is 0.397 e. The third-order valence-electron chi connectivity index (χ3n) is 8.88. The fraction of sp³-hybridized carbons (Fsp3) is 0.300. The molecule has 6 rings (SSSR count). The van der Waals surface area contributed by atoms with Crippen molar-refractivity contribution in [1.29, 1.82) is 0 Å². The number of nitrogens with zero attached hydrogens (tertiary/aromatic N) is 3. The lowest BCUT2D eigenvalue weighted by molar-refractivity contribution is -0.245. The van der Waals surface area contributed by atoms with Crippen molar-refractivity contribution in [2.75, 3.05) is 16.8 Å². The Morgan fingerprint density at radius 2 is 1.63 bits per heavy atom. The first-order valence-corrected chi connectivity index (χ1v) is 18.4. The van der Waals surface area contributed by atoms with Crippen LogP contribution in [0.2, 0.25) is 0 Å². The van der Waals surface area contributed by atoms with Gasteiger partial charge in [-0.1, -0.05) is 84.6 Å². The first-order valence-electron chi connectivity index (χ1n) is 17.4. The van der Waals surface area contributed by atoms with Crippen LogP contribution >= 0.6 is 11.8 Å². The standard InChI is InChI=1S/C40H44N6O5S/c1-46-26-43-45-40(46)52-25-33-22-36(29-18-16-27(24-47)17-19-29)51-39(50-33)32-11-7-10-31(21-32)30-9-6-8-28(20-30)23-42-37(48)14-4-5-15-38(49)44-35-13-3-2-12-34(35)41/h2-3,6-13,16-21,26,33,36,39,47H,4-5,14-15,22-25,41H2,1H3,(H,42,48)(H,44,49)/t33-,36+,39+/m1/s1. The molecule has 3 atom stereocenters. The van der Waals surface area contributed by atoms with Crippen molar-refractivity contribution in [3.63, 3.8) is 0 Å². The third kappa shape index (κ3) is 10.1. The number of benzene rings is 4. The molecule has 4 aromatic carbocycles. The highest BCUT2D eigenvalue weighted by Crippen LogP contribution is 2.40. The number of para-hydroxylation sites is 2. The number of carbonyl (C=O) groups is 2. The number of nitrogen functional groups attached to an aromatic ring is 1. The van der Waals surface area contributed by atoms with Gasteiger partial charge in [-0.2, -0.15) is 0 Å². The number of aryl methyl sites for hydroxylation is 1. The normalized spacial score (nSPS) is 17.1. The van der Waals surface area contributed by atoms with Gasteiger partial charge in [0.05, 0.1) is 30.2 Å². The zero-order valence-corrected chi connectivity index (χ0v) is 29.9. The number of thioether (sulfide) groups is 1. The van der Waals surface area contributed by atoms with Crippen molar-refractivity contribution in [1.82, 2.24) is 20.1 Å². The maximum atomic E-state index is 12.6.